The molecule has 0 aromatic rings. The Morgan fingerprint density at radius 2 is 0.933 bits per heavy atom. The van der Waals surface area contributed by atoms with Crippen LogP contribution in [0, 0.1) is 23.7 Å². The number of nitrogens with zero attached hydrogens (tertiary/aromatic N) is 3. The average Bonchev–Trinajstić information content (AvgIpc) is 3.82. The Bertz CT molecular complexity index is 1990. The van der Waals surface area contributed by atoms with Gasteiger partial charge in [-0.3, -0.25) is 53.1 Å². The van der Waals surface area contributed by atoms with Gasteiger partial charge in [-0.15, -0.1) is 0 Å². The van der Waals surface area contributed by atoms with Crippen LogP contribution in [0.2, 0.25) is 0 Å². The van der Waals surface area contributed by atoms with Crippen LogP contribution in [0.15, 0.2) is 9.98 Å². The van der Waals surface area contributed by atoms with Crippen LogP contribution in [-0.4, -0.2) is 161 Å². The lowest BCUT2D eigenvalue weighted by Crippen LogP contribution is -2.60. The van der Waals surface area contributed by atoms with E-state index in [1.807, 2.05) is 13.8 Å². The van der Waals surface area contributed by atoms with E-state index < -0.39 is 126 Å². The molecular weight excluding hydrogens is 979 g/mol. The fraction of sp³-hybridized carbons (Fsp3) is 0.750. The molecule has 8 amide bonds. The molecule has 1 aliphatic heterocycles. The first kappa shape index (κ1) is 66.2. The normalized spacial score (nSPS) is 16.4. The predicted molar refractivity (Wildman–Crippen MR) is 279 cm³/mol. The van der Waals surface area contributed by atoms with E-state index in [1.54, 1.807) is 41.5 Å². The molecule has 1 fully saturated rings. The van der Waals surface area contributed by atoms with Crippen LogP contribution in [0.4, 0.5) is 0 Å². The van der Waals surface area contributed by atoms with Crippen molar-refractivity contribution in [2.45, 2.75) is 181 Å². The Morgan fingerprint density at radius 3 is 1.29 bits per heavy atom. The zero-order valence-electron chi connectivity index (χ0n) is 44.9. The minimum absolute atomic E-state index is 0.00114. The summed E-state index contributed by atoms with van der Waals surface area (Å²) in [5.74, 6) is -10.2. The maximum Gasteiger partial charge on any atom is 0.326 e. The Balaban J connectivity index is 3.57. The molecule has 0 aliphatic carbocycles. The lowest BCUT2D eigenvalue weighted by atomic mass is 9.98. The summed E-state index contributed by atoms with van der Waals surface area (Å²) >= 11 is 0. The number of amides is 8. The summed E-state index contributed by atoms with van der Waals surface area (Å²) in [5.41, 5.74) is 27.5. The van der Waals surface area contributed by atoms with Gasteiger partial charge in [0.05, 0.1) is 6.54 Å². The van der Waals surface area contributed by atoms with Crippen molar-refractivity contribution in [1.82, 2.24) is 42.1 Å². The van der Waals surface area contributed by atoms with Gasteiger partial charge < -0.3 is 81.0 Å². The molecule has 1 aliphatic rings. The number of hydrogen-bond donors (Lipinski definition) is 14. The van der Waals surface area contributed by atoms with Gasteiger partial charge in [0, 0.05) is 26.1 Å². The molecule has 0 spiro atoms. The lowest BCUT2D eigenvalue weighted by Gasteiger charge is -2.29. The molecule has 0 bridgehead atoms. The summed E-state index contributed by atoms with van der Waals surface area (Å²) in [6.07, 6.45) is 0.656. The number of aliphatic carboxylic acids is 2. The zero-order chi connectivity index (χ0) is 57.1. The van der Waals surface area contributed by atoms with Crippen LogP contribution in [0.3, 0.4) is 0 Å². The van der Waals surface area contributed by atoms with Gasteiger partial charge in [-0.2, -0.15) is 0 Å². The highest BCUT2D eigenvalue weighted by Gasteiger charge is 2.38. The molecule has 1 rings (SSSR count). The topological polar surface area (TPSA) is 453 Å². The number of hydrogen-bond acceptors (Lipinski definition) is 13. The molecule has 1 saturated heterocycles. The van der Waals surface area contributed by atoms with Gasteiger partial charge in [-0.1, -0.05) is 61.8 Å². The van der Waals surface area contributed by atoms with Crippen molar-refractivity contribution in [2.75, 3.05) is 26.2 Å². The minimum atomic E-state index is -1.58. The van der Waals surface area contributed by atoms with Gasteiger partial charge in [0.2, 0.25) is 47.3 Å². The summed E-state index contributed by atoms with van der Waals surface area (Å²) in [6, 6.07) is -10.2. The molecule has 9 atom stereocenters. The van der Waals surface area contributed by atoms with Crippen LogP contribution in [0.25, 0.3) is 0 Å². The van der Waals surface area contributed by atoms with Crippen LogP contribution in [0.1, 0.15) is 132 Å². The molecular formula is C48H87N15O12. The van der Waals surface area contributed by atoms with E-state index in [0.717, 1.165) is 0 Å². The van der Waals surface area contributed by atoms with Gasteiger partial charge >= 0.3 is 11.9 Å². The number of carboxylic acid groups (broad SMARTS) is 2. The summed E-state index contributed by atoms with van der Waals surface area (Å²) < 4.78 is 0. The van der Waals surface area contributed by atoms with E-state index in [-0.39, 0.29) is 94.3 Å². The van der Waals surface area contributed by atoms with E-state index in [2.05, 4.69) is 47.2 Å². The van der Waals surface area contributed by atoms with E-state index in [1.165, 1.54) is 4.90 Å². The van der Waals surface area contributed by atoms with E-state index >= 15 is 0 Å². The predicted octanol–water partition coefficient (Wildman–Crippen LogP) is -2.43. The number of rotatable bonds is 35. The number of guanidine groups is 2. The maximum atomic E-state index is 14.3. The SMILES string of the molecule is CC[C@H](C)[C@H](NC(=O)[C@H](CCCN=C(N)N)NC(=O)[C@H](CC(C)C)NC(=O)[C@H](CCC(=O)O)NC(=O)[C@H](CC(C)C)NC(=O)[C@H](CCCN=C(N)N)NC(=O)[C@H](CC(C)C)NC(=O)[C@@H]1CCCN1C(=O)CN)C(=O)O. The Labute approximate surface area is 439 Å². The molecule has 0 aromatic heterocycles. The van der Waals surface area contributed by atoms with Gasteiger partial charge in [0.25, 0.3) is 0 Å². The largest absolute Gasteiger partial charge is 0.481 e. The third-order valence-corrected chi connectivity index (χ3v) is 12.3. The average molecular weight is 1070 g/mol. The highest BCUT2D eigenvalue weighted by atomic mass is 16.4. The molecule has 27 nitrogen and oxygen atoms in total. The van der Waals surface area contributed by atoms with Crippen molar-refractivity contribution in [3.8, 4) is 0 Å². The molecule has 19 N–H and O–H groups in total. The first-order valence-corrected chi connectivity index (χ1v) is 25.8. The second kappa shape index (κ2) is 33.9. The number of carbonyl (C=O) groups excluding carboxylic acids is 8. The zero-order valence-corrected chi connectivity index (χ0v) is 44.9. The Morgan fingerprint density at radius 1 is 0.560 bits per heavy atom. The van der Waals surface area contributed by atoms with Crippen LogP contribution in [0.5, 0.6) is 0 Å². The summed E-state index contributed by atoms with van der Waals surface area (Å²) in [5, 5.41) is 37.9. The van der Waals surface area contributed by atoms with Crippen molar-refractivity contribution >= 4 is 71.1 Å². The number of nitrogens with one attached hydrogen (secondary N) is 7. The van der Waals surface area contributed by atoms with Crippen molar-refractivity contribution in [2.24, 2.45) is 62.3 Å². The number of carboxylic acids is 2. The van der Waals surface area contributed by atoms with E-state index in [0.29, 0.717) is 25.8 Å². The second-order valence-corrected chi connectivity index (χ2v) is 20.2. The minimum Gasteiger partial charge on any atom is -0.481 e. The monoisotopic (exact) mass is 1070 g/mol. The number of aliphatic imine (C=N–C) groups is 2. The number of nitrogens with two attached hydrogens (primary N) is 5. The van der Waals surface area contributed by atoms with Crippen LogP contribution >= 0.6 is 0 Å². The second-order valence-electron chi connectivity index (χ2n) is 20.2. The third kappa shape index (κ3) is 25.3. The summed E-state index contributed by atoms with van der Waals surface area (Å²) in [6.45, 7) is 14.2. The number of carbonyl (C=O) groups is 10. The Kier molecular flexibility index (Phi) is 29.9. The molecule has 75 heavy (non-hydrogen) atoms. The first-order valence-electron chi connectivity index (χ1n) is 25.8. The van der Waals surface area contributed by atoms with Crippen molar-refractivity contribution in [3.05, 3.63) is 0 Å². The van der Waals surface area contributed by atoms with Gasteiger partial charge in [0.1, 0.15) is 48.3 Å². The fourth-order valence-corrected chi connectivity index (χ4v) is 8.21. The Hall–Kier alpha value is -6.80. The van der Waals surface area contributed by atoms with Crippen molar-refractivity contribution < 1.29 is 58.2 Å². The standard InChI is InChI=1S/C48H87N15O12/c1-9-28(8)38(46(74)75)62-41(69)30(14-11-19-55-48(52)53)57-42(70)32(21-25(2)3)60-40(68)31(16-17-37(65)66)58-43(71)33(22-26(4)5)59-39(67)29(13-10-18-54-47(50)51)56-44(72)34(23-27(6)7)61-45(73)35-15-12-20-63(35)36(64)24-49/h25-35,38H,9-24,49H2,1-8H3,(H,56,72)(H,57,70)(H,58,71)(H,59,67)(H,60,68)(H,61,73)(H,62,69)(H,65,66)(H,74,75)(H4,50,51,54)(H4,52,53,55)/t28-,29-,30-,31-,32-,33-,34-,35-,38-/m0/s1. The van der Waals surface area contributed by atoms with Crippen molar-refractivity contribution in [1.29, 1.82) is 0 Å². The quantitative estimate of drug-likeness (QED) is 0.0178. The highest BCUT2D eigenvalue weighted by Crippen LogP contribution is 2.19. The first-order chi connectivity index (χ1) is 35.1. The fourth-order valence-electron chi connectivity index (χ4n) is 8.21. The van der Waals surface area contributed by atoms with E-state index in [9.17, 15) is 58.2 Å². The van der Waals surface area contributed by atoms with E-state index in [4.69, 9.17) is 28.7 Å². The highest BCUT2D eigenvalue weighted by molar-refractivity contribution is 5.98. The number of likely N-dealkylation sites (tertiary alicyclic amines) is 1. The van der Waals surface area contributed by atoms with Gasteiger partial charge in [0.15, 0.2) is 11.9 Å². The third-order valence-electron chi connectivity index (χ3n) is 12.3. The van der Waals surface area contributed by atoms with Gasteiger partial charge in [-0.25, -0.2) is 4.79 Å². The molecule has 0 radical (unpaired) electrons. The molecule has 0 saturated carbocycles. The summed E-state index contributed by atoms with van der Waals surface area (Å²) in [4.78, 5) is 144. The van der Waals surface area contributed by atoms with Gasteiger partial charge in [-0.05, 0) is 87.9 Å². The maximum absolute atomic E-state index is 14.3. The molecule has 27 heteroatoms. The van der Waals surface area contributed by atoms with Crippen LogP contribution < -0.4 is 65.9 Å². The molecule has 0 aromatic carbocycles. The van der Waals surface area contributed by atoms with Crippen LogP contribution in [-0.2, 0) is 47.9 Å². The molecule has 0 unspecified atom stereocenters. The summed E-state index contributed by atoms with van der Waals surface area (Å²) in [7, 11) is 0. The lowest BCUT2D eigenvalue weighted by molar-refractivity contribution is -0.144. The molecule has 1 heterocycles. The molecule has 426 valence electrons. The smallest absolute Gasteiger partial charge is 0.326 e. The van der Waals surface area contributed by atoms with Crippen molar-refractivity contribution in [3.63, 3.8) is 0 Å².